The molecule has 0 amide bonds. The molecule has 0 bridgehead atoms. The van der Waals surface area contributed by atoms with Gasteiger partial charge in [-0.2, -0.15) is 0 Å². The number of nitrogens with zero attached hydrogens (tertiary/aromatic N) is 2. The maximum atomic E-state index is 6.02. The largest absolute Gasteiger partial charge is 0.309 e. The lowest BCUT2D eigenvalue weighted by Crippen LogP contribution is -2.23. The summed E-state index contributed by atoms with van der Waals surface area (Å²) in [5, 5.41) is 10.6. The van der Waals surface area contributed by atoms with E-state index >= 15 is 0 Å². The van der Waals surface area contributed by atoms with Crippen LogP contribution in [0.15, 0.2) is 23.6 Å². The van der Waals surface area contributed by atoms with Gasteiger partial charge in [0, 0.05) is 5.38 Å². The number of benzene rings is 1. The zero-order valence-electron chi connectivity index (χ0n) is 9.86. The van der Waals surface area contributed by atoms with Gasteiger partial charge in [0.25, 0.3) is 0 Å². The molecule has 6 heteroatoms. The lowest BCUT2D eigenvalue weighted by Gasteiger charge is -2.15. The van der Waals surface area contributed by atoms with Crippen molar-refractivity contribution in [2.24, 2.45) is 0 Å². The Kier molecular flexibility index (Phi) is 4.95. The molecule has 2 aromatic rings. The first kappa shape index (κ1) is 13.7. The van der Waals surface area contributed by atoms with Crippen LogP contribution in [0.25, 0.3) is 0 Å². The van der Waals surface area contributed by atoms with E-state index in [2.05, 4.69) is 21.8 Å². The number of nitrogens with one attached hydrogen (secondary N) is 1. The summed E-state index contributed by atoms with van der Waals surface area (Å²) in [6.07, 6.45) is 0.816. The average Bonchev–Trinajstić information content (AvgIpc) is 2.87. The normalized spacial score (nSPS) is 12.6. The number of aromatic nitrogens is 2. The molecule has 18 heavy (non-hydrogen) atoms. The van der Waals surface area contributed by atoms with Gasteiger partial charge in [0.1, 0.15) is 0 Å². The Morgan fingerprint density at radius 3 is 2.78 bits per heavy atom. The molecule has 3 nitrogen and oxygen atoms in total. The van der Waals surface area contributed by atoms with Gasteiger partial charge in [0.2, 0.25) is 0 Å². The molecule has 0 saturated carbocycles. The molecule has 1 aromatic heterocycles. The molecule has 1 heterocycles. The summed E-state index contributed by atoms with van der Waals surface area (Å²) in [5.74, 6) is 0. The highest BCUT2D eigenvalue weighted by molar-refractivity contribution is 7.03. The fourth-order valence-corrected chi connectivity index (χ4v) is 2.58. The van der Waals surface area contributed by atoms with E-state index in [9.17, 15) is 0 Å². The third-order valence-electron chi connectivity index (χ3n) is 2.61. The SMILES string of the molecule is CCNC(Cc1ccc(Cl)c(Cl)c1)c1csnn1. The monoisotopic (exact) mass is 301 g/mol. The van der Waals surface area contributed by atoms with Crippen molar-refractivity contribution in [1.29, 1.82) is 0 Å². The maximum Gasteiger partial charge on any atom is 0.0928 e. The van der Waals surface area contributed by atoms with Crippen LogP contribution in [0.1, 0.15) is 24.2 Å². The molecule has 0 aliphatic rings. The lowest BCUT2D eigenvalue weighted by molar-refractivity contribution is 0.535. The van der Waals surface area contributed by atoms with Crippen LogP contribution in [-0.2, 0) is 6.42 Å². The highest BCUT2D eigenvalue weighted by Gasteiger charge is 2.14. The third-order valence-corrected chi connectivity index (χ3v) is 3.87. The Bertz CT molecular complexity index is 502. The second kappa shape index (κ2) is 6.48. The lowest BCUT2D eigenvalue weighted by atomic mass is 10.0. The van der Waals surface area contributed by atoms with E-state index in [1.54, 1.807) is 0 Å². The second-order valence-electron chi connectivity index (χ2n) is 3.89. The van der Waals surface area contributed by atoms with Crippen LogP contribution in [0.5, 0.6) is 0 Å². The Morgan fingerprint density at radius 1 is 1.33 bits per heavy atom. The minimum atomic E-state index is 0.158. The van der Waals surface area contributed by atoms with Crippen LogP contribution in [0, 0.1) is 0 Å². The van der Waals surface area contributed by atoms with Gasteiger partial charge in [0.15, 0.2) is 0 Å². The summed E-state index contributed by atoms with van der Waals surface area (Å²) in [7, 11) is 0. The van der Waals surface area contributed by atoms with Crippen molar-refractivity contribution in [2.45, 2.75) is 19.4 Å². The van der Waals surface area contributed by atoms with E-state index < -0.39 is 0 Å². The van der Waals surface area contributed by atoms with Gasteiger partial charge in [-0.05, 0) is 42.2 Å². The van der Waals surface area contributed by atoms with Gasteiger partial charge < -0.3 is 5.32 Å². The maximum absolute atomic E-state index is 6.02. The molecule has 0 fully saturated rings. The van der Waals surface area contributed by atoms with E-state index in [1.165, 1.54) is 11.5 Å². The van der Waals surface area contributed by atoms with Crippen LogP contribution in [0.3, 0.4) is 0 Å². The quantitative estimate of drug-likeness (QED) is 0.914. The number of halogens is 2. The molecule has 1 aromatic carbocycles. The summed E-state index contributed by atoms with van der Waals surface area (Å²) in [6, 6.07) is 5.86. The van der Waals surface area contributed by atoms with Gasteiger partial charge in [-0.1, -0.05) is 40.7 Å². The van der Waals surface area contributed by atoms with Crippen molar-refractivity contribution in [3.8, 4) is 0 Å². The molecule has 1 N–H and O–H groups in total. The zero-order valence-corrected chi connectivity index (χ0v) is 12.2. The first-order valence-corrected chi connectivity index (χ1v) is 7.24. The van der Waals surface area contributed by atoms with E-state index in [4.69, 9.17) is 23.2 Å². The first-order chi connectivity index (χ1) is 8.70. The molecule has 0 aliphatic heterocycles. The number of rotatable bonds is 5. The molecule has 2 rings (SSSR count). The molecule has 0 radical (unpaired) electrons. The summed E-state index contributed by atoms with van der Waals surface area (Å²) in [6.45, 7) is 2.95. The van der Waals surface area contributed by atoms with E-state index in [0.717, 1.165) is 24.2 Å². The smallest absolute Gasteiger partial charge is 0.0928 e. The zero-order chi connectivity index (χ0) is 13.0. The Hall–Kier alpha value is -0.680. The Labute approximate surface area is 120 Å². The van der Waals surface area contributed by atoms with E-state index in [-0.39, 0.29) is 6.04 Å². The van der Waals surface area contributed by atoms with Crippen LogP contribution >= 0.6 is 34.7 Å². The predicted octanol–water partition coefficient (Wildman–Crippen LogP) is 3.74. The topological polar surface area (TPSA) is 37.8 Å². The highest BCUT2D eigenvalue weighted by atomic mass is 35.5. The van der Waals surface area contributed by atoms with Gasteiger partial charge in [0.05, 0.1) is 21.8 Å². The fraction of sp³-hybridized carbons (Fsp3) is 0.333. The number of hydrogen-bond donors (Lipinski definition) is 1. The van der Waals surface area contributed by atoms with Gasteiger partial charge in [-0.25, -0.2) is 0 Å². The van der Waals surface area contributed by atoms with Gasteiger partial charge >= 0.3 is 0 Å². The third kappa shape index (κ3) is 3.42. The van der Waals surface area contributed by atoms with E-state index in [1.807, 2.05) is 23.6 Å². The molecule has 0 aliphatic carbocycles. The van der Waals surface area contributed by atoms with Crippen molar-refractivity contribution >= 4 is 34.7 Å². The van der Waals surface area contributed by atoms with Crippen molar-refractivity contribution in [2.75, 3.05) is 6.54 Å². The van der Waals surface area contributed by atoms with Gasteiger partial charge in [-0.15, -0.1) is 5.10 Å². The average molecular weight is 302 g/mol. The van der Waals surface area contributed by atoms with Gasteiger partial charge in [-0.3, -0.25) is 0 Å². The molecule has 96 valence electrons. The predicted molar refractivity (Wildman–Crippen MR) is 76.5 cm³/mol. The number of hydrogen-bond acceptors (Lipinski definition) is 4. The minimum Gasteiger partial charge on any atom is -0.309 e. The number of likely N-dealkylation sites (N-methyl/N-ethyl adjacent to an activating group) is 1. The molecular formula is C12H13Cl2N3S. The molecular weight excluding hydrogens is 289 g/mol. The summed E-state index contributed by atoms with van der Waals surface area (Å²) < 4.78 is 3.90. The molecule has 0 spiro atoms. The molecule has 0 saturated heterocycles. The first-order valence-electron chi connectivity index (χ1n) is 5.65. The fourth-order valence-electron chi connectivity index (χ4n) is 1.75. The summed E-state index contributed by atoms with van der Waals surface area (Å²) in [5.41, 5.74) is 2.09. The Morgan fingerprint density at radius 2 is 2.17 bits per heavy atom. The highest BCUT2D eigenvalue weighted by Crippen LogP contribution is 2.25. The molecule has 1 unspecified atom stereocenters. The standard InChI is InChI=1S/C12H13Cl2N3S/c1-2-15-11(12-7-18-17-16-12)6-8-3-4-9(13)10(14)5-8/h3-5,7,11,15H,2,6H2,1H3. The summed E-state index contributed by atoms with van der Waals surface area (Å²) >= 11 is 13.3. The van der Waals surface area contributed by atoms with Crippen LogP contribution in [0.2, 0.25) is 10.0 Å². The Balaban J connectivity index is 2.16. The van der Waals surface area contributed by atoms with Crippen LogP contribution in [0.4, 0.5) is 0 Å². The minimum absolute atomic E-state index is 0.158. The second-order valence-corrected chi connectivity index (χ2v) is 5.32. The molecule has 1 atom stereocenters. The van der Waals surface area contributed by atoms with Crippen LogP contribution in [-0.4, -0.2) is 16.1 Å². The van der Waals surface area contributed by atoms with E-state index in [0.29, 0.717) is 10.0 Å². The summed E-state index contributed by atoms with van der Waals surface area (Å²) in [4.78, 5) is 0. The van der Waals surface area contributed by atoms with Crippen molar-refractivity contribution < 1.29 is 0 Å². The van der Waals surface area contributed by atoms with Crippen molar-refractivity contribution in [3.63, 3.8) is 0 Å². The van der Waals surface area contributed by atoms with Crippen molar-refractivity contribution in [3.05, 3.63) is 44.9 Å². The van der Waals surface area contributed by atoms with Crippen LogP contribution < -0.4 is 5.32 Å². The van der Waals surface area contributed by atoms with Crippen molar-refractivity contribution in [1.82, 2.24) is 14.9 Å².